The third-order valence-electron chi connectivity index (χ3n) is 5.09. The summed E-state index contributed by atoms with van der Waals surface area (Å²) in [5, 5.41) is 6.34. The number of nitrogens with one attached hydrogen (secondary N) is 2. The van der Waals surface area contributed by atoms with Crippen molar-refractivity contribution in [3.05, 3.63) is 35.4 Å². The summed E-state index contributed by atoms with van der Waals surface area (Å²) in [5.74, 6) is 0.255. The molecule has 1 aliphatic carbocycles. The molecule has 1 aromatic carbocycles. The molecule has 2 fully saturated rings. The molecule has 1 spiro atoms. The summed E-state index contributed by atoms with van der Waals surface area (Å²) in [6.07, 6.45) is 4.38. The van der Waals surface area contributed by atoms with Crippen LogP contribution in [0.25, 0.3) is 0 Å². The largest absolute Gasteiger partial charge is 0.352 e. The molecule has 1 aliphatic heterocycles. The van der Waals surface area contributed by atoms with Gasteiger partial charge < -0.3 is 10.6 Å². The Balaban J connectivity index is 0.00000208. The molecule has 24 heavy (non-hydrogen) atoms. The second-order valence-electron chi connectivity index (χ2n) is 6.93. The van der Waals surface area contributed by atoms with E-state index in [1.165, 1.54) is 6.26 Å². The van der Waals surface area contributed by atoms with Crippen molar-refractivity contribution in [2.45, 2.75) is 31.6 Å². The second-order valence-corrected chi connectivity index (χ2v) is 9.07. The van der Waals surface area contributed by atoms with Crippen LogP contribution >= 0.6 is 12.4 Å². The van der Waals surface area contributed by atoms with Crippen molar-refractivity contribution in [1.29, 1.82) is 0 Å². The summed E-state index contributed by atoms with van der Waals surface area (Å²) < 4.78 is 23.0. The van der Waals surface area contributed by atoms with Gasteiger partial charge in [0.05, 0.1) is 5.75 Å². The van der Waals surface area contributed by atoms with Gasteiger partial charge in [-0.1, -0.05) is 24.3 Å². The van der Waals surface area contributed by atoms with Crippen LogP contribution in [-0.4, -0.2) is 33.7 Å². The van der Waals surface area contributed by atoms with Crippen molar-refractivity contribution in [3.8, 4) is 0 Å². The molecule has 0 aromatic heterocycles. The Morgan fingerprint density at radius 1 is 1.25 bits per heavy atom. The lowest BCUT2D eigenvalue weighted by Crippen LogP contribution is -2.33. The fourth-order valence-corrected chi connectivity index (χ4v) is 4.50. The van der Waals surface area contributed by atoms with Crippen molar-refractivity contribution < 1.29 is 13.2 Å². The lowest BCUT2D eigenvalue weighted by Gasteiger charge is -2.23. The zero-order valence-corrected chi connectivity index (χ0v) is 15.5. The van der Waals surface area contributed by atoms with E-state index >= 15 is 0 Å². The Morgan fingerprint density at radius 3 is 2.50 bits per heavy atom. The quantitative estimate of drug-likeness (QED) is 0.824. The first-order valence-corrected chi connectivity index (χ1v) is 10.2. The van der Waals surface area contributed by atoms with Crippen LogP contribution in [0.2, 0.25) is 0 Å². The number of hydrogen-bond acceptors (Lipinski definition) is 4. The van der Waals surface area contributed by atoms with Crippen LogP contribution in [0.4, 0.5) is 0 Å². The van der Waals surface area contributed by atoms with E-state index in [0.29, 0.717) is 6.54 Å². The molecule has 2 N–H and O–H groups in total. The summed E-state index contributed by atoms with van der Waals surface area (Å²) in [5.41, 5.74) is 1.87. The number of piperidine rings is 1. The smallest absolute Gasteiger partial charge is 0.223 e. The maximum absolute atomic E-state index is 12.4. The van der Waals surface area contributed by atoms with E-state index in [-0.39, 0.29) is 35.4 Å². The first-order valence-electron chi connectivity index (χ1n) is 8.13. The molecule has 5 nitrogen and oxygen atoms in total. The van der Waals surface area contributed by atoms with Gasteiger partial charge in [-0.15, -0.1) is 12.4 Å². The van der Waals surface area contributed by atoms with Gasteiger partial charge >= 0.3 is 0 Å². The highest BCUT2D eigenvalue weighted by Crippen LogP contribution is 2.58. The summed E-state index contributed by atoms with van der Waals surface area (Å²) >= 11 is 0. The first-order chi connectivity index (χ1) is 10.9. The number of amides is 1. The molecule has 134 valence electrons. The van der Waals surface area contributed by atoms with Crippen LogP contribution < -0.4 is 10.6 Å². The van der Waals surface area contributed by atoms with Crippen molar-refractivity contribution in [2.75, 3.05) is 19.3 Å². The summed E-state index contributed by atoms with van der Waals surface area (Å²) in [7, 11) is -3.08. The minimum Gasteiger partial charge on any atom is -0.352 e. The van der Waals surface area contributed by atoms with E-state index in [9.17, 15) is 13.2 Å². The van der Waals surface area contributed by atoms with Crippen LogP contribution in [0, 0.1) is 11.3 Å². The van der Waals surface area contributed by atoms with Crippen LogP contribution in [0.1, 0.15) is 30.4 Å². The molecule has 2 aliphatic rings. The SMILES string of the molecule is CS(=O)(=O)Cc1ccccc1CNC(=O)C1CC12CCNCC2.Cl. The van der Waals surface area contributed by atoms with Gasteiger partial charge in [0.2, 0.25) is 5.91 Å². The number of rotatable bonds is 5. The maximum atomic E-state index is 12.4. The van der Waals surface area contributed by atoms with Gasteiger partial charge in [0.15, 0.2) is 9.84 Å². The number of carbonyl (C=O) groups is 1. The summed E-state index contributed by atoms with van der Waals surface area (Å²) in [4.78, 5) is 12.4. The molecule has 1 amide bonds. The van der Waals surface area contributed by atoms with Gasteiger partial charge in [-0.2, -0.15) is 0 Å². The van der Waals surface area contributed by atoms with Gasteiger partial charge in [-0.05, 0) is 48.9 Å². The number of benzene rings is 1. The molecule has 1 atom stereocenters. The monoisotopic (exact) mass is 372 g/mol. The molecule has 1 unspecified atom stereocenters. The van der Waals surface area contributed by atoms with E-state index < -0.39 is 9.84 Å². The molecule has 0 radical (unpaired) electrons. The lowest BCUT2D eigenvalue weighted by molar-refractivity contribution is -0.123. The minimum absolute atomic E-state index is 0. The van der Waals surface area contributed by atoms with Crippen molar-refractivity contribution in [1.82, 2.24) is 10.6 Å². The van der Waals surface area contributed by atoms with E-state index in [1.807, 2.05) is 24.3 Å². The van der Waals surface area contributed by atoms with Crippen LogP contribution in [-0.2, 0) is 26.9 Å². The number of hydrogen-bond donors (Lipinski definition) is 2. The molecule has 1 saturated heterocycles. The fraction of sp³-hybridized carbons (Fsp3) is 0.588. The highest BCUT2D eigenvalue weighted by Gasteiger charge is 2.57. The van der Waals surface area contributed by atoms with E-state index in [2.05, 4.69) is 10.6 Å². The van der Waals surface area contributed by atoms with Gasteiger partial charge in [-0.3, -0.25) is 4.79 Å². The second kappa shape index (κ2) is 7.42. The topological polar surface area (TPSA) is 75.3 Å². The van der Waals surface area contributed by atoms with E-state index in [1.54, 1.807) is 0 Å². The number of carbonyl (C=O) groups excluding carboxylic acids is 1. The zero-order chi connectivity index (χ0) is 16.5. The first kappa shape index (κ1) is 19.2. The standard InChI is InChI=1S/C17H24N2O3S.ClH/c1-23(21,22)12-14-5-3-2-4-13(14)11-19-16(20)15-10-17(15)6-8-18-9-7-17;/h2-5,15,18H,6-12H2,1H3,(H,19,20);1H. The average molecular weight is 373 g/mol. The zero-order valence-electron chi connectivity index (χ0n) is 13.9. The third-order valence-corrected chi connectivity index (χ3v) is 5.93. The number of sulfone groups is 1. The highest BCUT2D eigenvalue weighted by molar-refractivity contribution is 7.89. The maximum Gasteiger partial charge on any atom is 0.223 e. The molecule has 3 rings (SSSR count). The molecule has 1 saturated carbocycles. The Bertz CT molecular complexity index is 700. The molecule has 7 heteroatoms. The van der Waals surface area contributed by atoms with E-state index in [0.717, 1.165) is 43.5 Å². The van der Waals surface area contributed by atoms with E-state index in [4.69, 9.17) is 0 Å². The molecular weight excluding hydrogens is 348 g/mol. The van der Waals surface area contributed by atoms with Gasteiger partial charge in [0.1, 0.15) is 0 Å². The predicted molar refractivity (Wildman–Crippen MR) is 96.7 cm³/mol. The van der Waals surface area contributed by atoms with Crippen LogP contribution in [0.5, 0.6) is 0 Å². The fourth-order valence-electron chi connectivity index (χ4n) is 3.65. The van der Waals surface area contributed by atoms with Crippen LogP contribution in [0.3, 0.4) is 0 Å². The van der Waals surface area contributed by atoms with Crippen LogP contribution in [0.15, 0.2) is 24.3 Å². The predicted octanol–water partition coefficient (Wildman–Crippen LogP) is 1.66. The average Bonchev–Trinajstić information content (AvgIpc) is 3.18. The molecule has 0 bridgehead atoms. The lowest BCUT2D eigenvalue weighted by atomic mass is 9.92. The van der Waals surface area contributed by atoms with Gasteiger partial charge in [0, 0.05) is 18.7 Å². The minimum atomic E-state index is -3.08. The summed E-state index contributed by atoms with van der Waals surface area (Å²) in [6.45, 7) is 2.40. The molecule has 1 heterocycles. The Labute approximate surface area is 149 Å². The molecule has 1 aromatic rings. The normalized spacial score (nSPS) is 21.8. The summed E-state index contributed by atoms with van der Waals surface area (Å²) in [6, 6.07) is 7.40. The Morgan fingerprint density at radius 2 is 1.88 bits per heavy atom. The van der Waals surface area contributed by atoms with Gasteiger partial charge in [0.25, 0.3) is 0 Å². The molecular formula is C17H25ClN2O3S. The Hall–Kier alpha value is -1.11. The highest BCUT2D eigenvalue weighted by atomic mass is 35.5. The van der Waals surface area contributed by atoms with Crippen molar-refractivity contribution >= 4 is 28.2 Å². The van der Waals surface area contributed by atoms with Crippen molar-refractivity contribution in [3.63, 3.8) is 0 Å². The van der Waals surface area contributed by atoms with Gasteiger partial charge in [-0.25, -0.2) is 8.42 Å². The Kier molecular flexibility index (Phi) is 5.94. The van der Waals surface area contributed by atoms with Crippen molar-refractivity contribution in [2.24, 2.45) is 11.3 Å². The number of halogens is 1. The third kappa shape index (κ3) is 4.49.